The molecule has 3 nitrogen and oxygen atoms in total. The Morgan fingerprint density at radius 1 is 1.29 bits per heavy atom. The van der Waals surface area contributed by atoms with E-state index in [2.05, 4.69) is 10.3 Å². The first kappa shape index (κ1) is 11.6. The van der Waals surface area contributed by atoms with Crippen LogP contribution in [0.2, 0.25) is 0 Å². The number of para-hydroxylation sites is 1. The van der Waals surface area contributed by atoms with Crippen molar-refractivity contribution in [2.45, 2.75) is 13.5 Å². The Morgan fingerprint density at radius 2 is 2.00 bits per heavy atom. The summed E-state index contributed by atoms with van der Waals surface area (Å²) in [4.78, 5) is 4.06. The van der Waals surface area contributed by atoms with Gasteiger partial charge in [-0.1, -0.05) is 6.07 Å². The van der Waals surface area contributed by atoms with Crippen LogP contribution in [-0.4, -0.2) is 16.1 Å². The zero-order valence-corrected chi connectivity index (χ0v) is 9.45. The van der Waals surface area contributed by atoms with Crippen molar-refractivity contribution in [3.63, 3.8) is 0 Å². The molecule has 0 aliphatic rings. The van der Waals surface area contributed by atoms with Gasteiger partial charge in [-0.2, -0.15) is 0 Å². The van der Waals surface area contributed by atoms with E-state index in [1.54, 1.807) is 6.20 Å². The Kier molecular flexibility index (Phi) is 3.37. The SMILES string of the molecule is Cc1nccn1CCNc1c(F)cccc1F. The molecule has 0 saturated carbocycles. The van der Waals surface area contributed by atoms with Gasteiger partial charge in [0.1, 0.15) is 23.1 Å². The van der Waals surface area contributed by atoms with Crippen molar-refractivity contribution >= 4 is 5.69 Å². The number of hydrogen-bond acceptors (Lipinski definition) is 2. The number of anilines is 1. The summed E-state index contributed by atoms with van der Waals surface area (Å²) < 4.78 is 28.5. The Morgan fingerprint density at radius 3 is 2.59 bits per heavy atom. The summed E-state index contributed by atoms with van der Waals surface area (Å²) in [6.07, 6.45) is 3.52. The molecule has 2 aromatic rings. The van der Waals surface area contributed by atoms with Crippen molar-refractivity contribution < 1.29 is 8.78 Å². The second-order valence-electron chi connectivity index (χ2n) is 3.69. The zero-order chi connectivity index (χ0) is 12.3. The molecule has 0 fully saturated rings. The van der Waals surface area contributed by atoms with E-state index < -0.39 is 11.6 Å². The number of aryl methyl sites for hydroxylation is 1. The van der Waals surface area contributed by atoms with E-state index in [9.17, 15) is 8.78 Å². The maximum atomic E-state index is 13.3. The van der Waals surface area contributed by atoms with Crippen molar-refractivity contribution in [3.05, 3.63) is 48.1 Å². The smallest absolute Gasteiger partial charge is 0.149 e. The van der Waals surface area contributed by atoms with E-state index in [0.717, 1.165) is 5.82 Å². The molecule has 2 rings (SSSR count). The van der Waals surface area contributed by atoms with Gasteiger partial charge < -0.3 is 9.88 Å². The van der Waals surface area contributed by atoms with Gasteiger partial charge in [0.2, 0.25) is 0 Å². The molecule has 0 bridgehead atoms. The van der Waals surface area contributed by atoms with Gasteiger partial charge in [-0.05, 0) is 19.1 Å². The molecule has 1 aromatic heterocycles. The monoisotopic (exact) mass is 237 g/mol. The van der Waals surface area contributed by atoms with Crippen LogP contribution in [0.1, 0.15) is 5.82 Å². The Balaban J connectivity index is 1.97. The molecule has 1 aromatic carbocycles. The Labute approximate surface area is 98.1 Å². The summed E-state index contributed by atoms with van der Waals surface area (Å²) in [5, 5.41) is 2.75. The van der Waals surface area contributed by atoms with E-state index in [0.29, 0.717) is 13.1 Å². The van der Waals surface area contributed by atoms with Gasteiger partial charge in [0.25, 0.3) is 0 Å². The molecule has 1 heterocycles. The second-order valence-corrected chi connectivity index (χ2v) is 3.69. The summed E-state index contributed by atoms with van der Waals surface area (Å²) >= 11 is 0. The first-order chi connectivity index (χ1) is 8.18. The quantitative estimate of drug-likeness (QED) is 0.885. The lowest BCUT2D eigenvalue weighted by Crippen LogP contribution is -2.12. The van der Waals surface area contributed by atoms with Crippen LogP contribution in [0.25, 0.3) is 0 Å². The van der Waals surface area contributed by atoms with Crippen LogP contribution in [0.5, 0.6) is 0 Å². The molecule has 0 radical (unpaired) electrons. The molecule has 0 aliphatic heterocycles. The lowest BCUT2D eigenvalue weighted by atomic mass is 10.3. The molecular weight excluding hydrogens is 224 g/mol. The average molecular weight is 237 g/mol. The van der Waals surface area contributed by atoms with Crippen molar-refractivity contribution in [2.24, 2.45) is 0 Å². The van der Waals surface area contributed by atoms with Crippen LogP contribution < -0.4 is 5.32 Å². The highest BCUT2D eigenvalue weighted by molar-refractivity contribution is 5.45. The number of nitrogens with one attached hydrogen (secondary N) is 1. The fourth-order valence-corrected chi connectivity index (χ4v) is 1.61. The number of rotatable bonds is 4. The normalized spacial score (nSPS) is 10.5. The van der Waals surface area contributed by atoms with Gasteiger partial charge >= 0.3 is 0 Å². The van der Waals surface area contributed by atoms with Gasteiger partial charge in [-0.15, -0.1) is 0 Å². The standard InChI is InChI=1S/C12H13F2N3/c1-9-15-5-7-17(9)8-6-16-12-10(13)3-2-4-11(12)14/h2-5,7,16H,6,8H2,1H3. The van der Waals surface area contributed by atoms with Gasteiger partial charge in [0.05, 0.1) is 0 Å². The van der Waals surface area contributed by atoms with E-state index in [1.165, 1.54) is 18.2 Å². The van der Waals surface area contributed by atoms with Gasteiger partial charge in [-0.25, -0.2) is 13.8 Å². The highest BCUT2D eigenvalue weighted by atomic mass is 19.1. The maximum Gasteiger partial charge on any atom is 0.149 e. The summed E-state index contributed by atoms with van der Waals surface area (Å²) in [6.45, 7) is 2.93. The lowest BCUT2D eigenvalue weighted by molar-refractivity contribution is 0.585. The molecule has 17 heavy (non-hydrogen) atoms. The molecule has 0 amide bonds. The fourth-order valence-electron chi connectivity index (χ4n) is 1.61. The van der Waals surface area contributed by atoms with E-state index in [1.807, 2.05) is 17.7 Å². The predicted octanol–water partition coefficient (Wildman–Crippen LogP) is 2.58. The van der Waals surface area contributed by atoms with Crippen molar-refractivity contribution in [2.75, 3.05) is 11.9 Å². The zero-order valence-electron chi connectivity index (χ0n) is 9.45. The topological polar surface area (TPSA) is 29.9 Å². The molecular formula is C12H13F2N3. The Hall–Kier alpha value is -1.91. The molecule has 5 heteroatoms. The minimum atomic E-state index is -0.577. The highest BCUT2D eigenvalue weighted by Gasteiger charge is 2.07. The minimum Gasteiger partial charge on any atom is -0.379 e. The Bertz CT molecular complexity index is 488. The number of hydrogen-bond donors (Lipinski definition) is 1. The number of benzene rings is 1. The molecule has 0 unspecified atom stereocenters. The van der Waals surface area contributed by atoms with Crippen molar-refractivity contribution in [1.82, 2.24) is 9.55 Å². The third-order valence-electron chi connectivity index (χ3n) is 2.54. The number of aromatic nitrogens is 2. The fraction of sp³-hybridized carbons (Fsp3) is 0.250. The summed E-state index contributed by atoms with van der Waals surface area (Å²) in [5.74, 6) is -0.277. The molecule has 0 atom stereocenters. The molecule has 0 spiro atoms. The van der Waals surface area contributed by atoms with Crippen LogP contribution in [-0.2, 0) is 6.54 Å². The van der Waals surface area contributed by atoms with Crippen LogP contribution in [0.3, 0.4) is 0 Å². The molecule has 90 valence electrons. The van der Waals surface area contributed by atoms with Crippen molar-refractivity contribution in [1.29, 1.82) is 0 Å². The van der Waals surface area contributed by atoms with Crippen LogP contribution in [0.4, 0.5) is 14.5 Å². The third-order valence-corrected chi connectivity index (χ3v) is 2.54. The van der Waals surface area contributed by atoms with Gasteiger partial charge in [0.15, 0.2) is 0 Å². The van der Waals surface area contributed by atoms with Gasteiger partial charge in [0, 0.05) is 25.5 Å². The van der Waals surface area contributed by atoms with Crippen LogP contribution in [0.15, 0.2) is 30.6 Å². The maximum absolute atomic E-state index is 13.3. The van der Waals surface area contributed by atoms with Crippen molar-refractivity contribution in [3.8, 4) is 0 Å². The van der Waals surface area contributed by atoms with E-state index in [-0.39, 0.29) is 5.69 Å². The minimum absolute atomic E-state index is 0.0785. The number of imidazole rings is 1. The largest absolute Gasteiger partial charge is 0.379 e. The number of halogens is 2. The lowest BCUT2D eigenvalue weighted by Gasteiger charge is -2.09. The molecule has 0 aliphatic carbocycles. The number of nitrogens with zero attached hydrogens (tertiary/aromatic N) is 2. The molecule has 1 N–H and O–H groups in total. The van der Waals surface area contributed by atoms with Gasteiger partial charge in [-0.3, -0.25) is 0 Å². The average Bonchev–Trinajstić information content (AvgIpc) is 2.69. The first-order valence-electron chi connectivity index (χ1n) is 5.34. The molecule has 0 saturated heterocycles. The summed E-state index contributed by atoms with van der Waals surface area (Å²) in [6, 6.07) is 3.80. The van der Waals surface area contributed by atoms with E-state index in [4.69, 9.17) is 0 Å². The van der Waals surface area contributed by atoms with E-state index >= 15 is 0 Å². The second kappa shape index (κ2) is 4.95. The highest BCUT2D eigenvalue weighted by Crippen LogP contribution is 2.17. The van der Waals surface area contributed by atoms with Crippen LogP contribution in [0, 0.1) is 18.6 Å². The van der Waals surface area contributed by atoms with Crippen LogP contribution >= 0.6 is 0 Å². The summed E-state index contributed by atoms with van der Waals surface area (Å²) in [7, 11) is 0. The summed E-state index contributed by atoms with van der Waals surface area (Å²) in [5.41, 5.74) is -0.0785. The third kappa shape index (κ3) is 2.61. The predicted molar refractivity (Wildman–Crippen MR) is 61.8 cm³/mol. The first-order valence-corrected chi connectivity index (χ1v) is 5.34.